The van der Waals surface area contributed by atoms with Crippen LogP contribution in [-0.4, -0.2) is 12.5 Å². The van der Waals surface area contributed by atoms with Crippen molar-refractivity contribution in [2.75, 3.05) is 11.4 Å². The highest BCUT2D eigenvalue weighted by Crippen LogP contribution is 2.18. The number of nitrogens with zero attached hydrogens (tertiary/aromatic N) is 1. The summed E-state index contributed by atoms with van der Waals surface area (Å²) in [4.78, 5) is 14.1. The number of aryl methyl sites for hydroxylation is 1. The highest BCUT2D eigenvalue weighted by Gasteiger charge is 2.17. The molecule has 0 bridgehead atoms. The number of anilines is 1. The van der Waals surface area contributed by atoms with Gasteiger partial charge in [0.1, 0.15) is 5.82 Å². The Labute approximate surface area is 118 Å². The molecular formula is C17H16FNO. The van der Waals surface area contributed by atoms with Crippen LogP contribution >= 0.6 is 0 Å². The Balaban J connectivity index is 2.36. The number of amides is 1. The van der Waals surface area contributed by atoms with E-state index < -0.39 is 0 Å². The Hall–Kier alpha value is -2.42. The van der Waals surface area contributed by atoms with Gasteiger partial charge in [0.25, 0.3) is 5.91 Å². The Morgan fingerprint density at radius 2 is 1.95 bits per heavy atom. The lowest BCUT2D eigenvalue weighted by Gasteiger charge is -2.21. The molecular weight excluding hydrogens is 253 g/mol. The molecule has 0 aliphatic heterocycles. The van der Waals surface area contributed by atoms with Gasteiger partial charge in [-0.1, -0.05) is 30.3 Å². The van der Waals surface area contributed by atoms with Gasteiger partial charge in [-0.05, 0) is 36.8 Å². The molecule has 0 N–H and O–H groups in total. The largest absolute Gasteiger partial charge is 0.305 e. The van der Waals surface area contributed by atoms with Gasteiger partial charge >= 0.3 is 0 Å². The molecule has 0 saturated carbocycles. The smallest absolute Gasteiger partial charge is 0.258 e. The van der Waals surface area contributed by atoms with Crippen LogP contribution in [0.5, 0.6) is 0 Å². The summed E-state index contributed by atoms with van der Waals surface area (Å²) in [7, 11) is 0. The first-order valence-corrected chi connectivity index (χ1v) is 6.37. The number of halogens is 1. The van der Waals surface area contributed by atoms with Crippen molar-refractivity contribution in [3.8, 4) is 0 Å². The molecule has 2 aromatic carbocycles. The van der Waals surface area contributed by atoms with Gasteiger partial charge in [0.2, 0.25) is 0 Å². The second-order valence-corrected chi connectivity index (χ2v) is 4.50. The van der Waals surface area contributed by atoms with Crippen LogP contribution in [0.4, 0.5) is 10.1 Å². The van der Waals surface area contributed by atoms with E-state index in [-0.39, 0.29) is 11.7 Å². The monoisotopic (exact) mass is 269 g/mol. The lowest BCUT2D eigenvalue weighted by atomic mass is 10.1. The maximum Gasteiger partial charge on any atom is 0.258 e. The van der Waals surface area contributed by atoms with E-state index in [1.165, 1.54) is 6.07 Å². The van der Waals surface area contributed by atoms with E-state index in [1.54, 1.807) is 30.0 Å². The van der Waals surface area contributed by atoms with Crippen molar-refractivity contribution < 1.29 is 9.18 Å². The second-order valence-electron chi connectivity index (χ2n) is 4.50. The number of rotatable bonds is 4. The van der Waals surface area contributed by atoms with Crippen LogP contribution in [0.2, 0.25) is 0 Å². The molecule has 0 unspecified atom stereocenters. The van der Waals surface area contributed by atoms with Gasteiger partial charge in [0.15, 0.2) is 0 Å². The number of benzene rings is 2. The number of carbonyl (C=O) groups excluding carboxylic acids is 1. The van der Waals surface area contributed by atoms with E-state index >= 15 is 0 Å². The van der Waals surface area contributed by atoms with E-state index in [1.807, 2.05) is 30.3 Å². The maximum atomic E-state index is 13.6. The fourth-order valence-corrected chi connectivity index (χ4v) is 1.92. The Morgan fingerprint density at radius 3 is 2.55 bits per heavy atom. The molecule has 20 heavy (non-hydrogen) atoms. The van der Waals surface area contributed by atoms with Crippen molar-refractivity contribution in [3.63, 3.8) is 0 Å². The minimum atomic E-state index is -0.373. The van der Waals surface area contributed by atoms with E-state index in [9.17, 15) is 9.18 Å². The van der Waals surface area contributed by atoms with E-state index in [0.717, 1.165) is 5.69 Å². The molecule has 0 radical (unpaired) electrons. The fraction of sp³-hybridized carbons (Fsp3) is 0.118. The summed E-state index contributed by atoms with van der Waals surface area (Å²) in [5.41, 5.74) is 1.62. The summed E-state index contributed by atoms with van der Waals surface area (Å²) in [6.45, 7) is 5.71. The number of carbonyl (C=O) groups is 1. The quantitative estimate of drug-likeness (QED) is 0.769. The molecule has 0 saturated heterocycles. The molecule has 0 fully saturated rings. The van der Waals surface area contributed by atoms with Crippen molar-refractivity contribution in [1.29, 1.82) is 0 Å². The van der Waals surface area contributed by atoms with Crippen molar-refractivity contribution in [3.05, 3.63) is 78.1 Å². The van der Waals surface area contributed by atoms with Crippen LogP contribution in [-0.2, 0) is 0 Å². The van der Waals surface area contributed by atoms with Crippen molar-refractivity contribution in [1.82, 2.24) is 0 Å². The summed E-state index contributed by atoms with van der Waals surface area (Å²) in [5.74, 6) is -0.613. The molecule has 0 aliphatic rings. The van der Waals surface area contributed by atoms with Crippen LogP contribution in [0.25, 0.3) is 0 Å². The SMILES string of the molecule is C=CCN(C(=O)c1ccc(C)c(F)c1)c1ccccc1. The molecule has 2 aromatic rings. The Bertz CT molecular complexity index is 622. The molecule has 2 rings (SSSR count). The predicted molar refractivity (Wildman–Crippen MR) is 79.5 cm³/mol. The summed E-state index contributed by atoms with van der Waals surface area (Å²) in [6, 6.07) is 13.8. The molecule has 0 spiro atoms. The Morgan fingerprint density at radius 1 is 1.25 bits per heavy atom. The van der Waals surface area contributed by atoms with Crippen LogP contribution < -0.4 is 4.90 Å². The Kier molecular flexibility index (Phi) is 4.31. The molecule has 102 valence electrons. The second kappa shape index (κ2) is 6.15. The molecule has 3 heteroatoms. The van der Waals surface area contributed by atoms with Gasteiger partial charge in [0, 0.05) is 17.8 Å². The van der Waals surface area contributed by atoms with Crippen LogP contribution in [0, 0.1) is 12.7 Å². The van der Waals surface area contributed by atoms with Gasteiger partial charge in [-0.15, -0.1) is 6.58 Å². The third-order valence-corrected chi connectivity index (χ3v) is 3.04. The van der Waals surface area contributed by atoms with Gasteiger partial charge in [-0.3, -0.25) is 4.79 Å². The zero-order valence-corrected chi connectivity index (χ0v) is 11.3. The normalized spacial score (nSPS) is 10.1. The van der Waals surface area contributed by atoms with Crippen LogP contribution in [0.15, 0.2) is 61.2 Å². The van der Waals surface area contributed by atoms with Crippen molar-refractivity contribution in [2.45, 2.75) is 6.92 Å². The zero-order valence-electron chi connectivity index (χ0n) is 11.3. The third-order valence-electron chi connectivity index (χ3n) is 3.04. The van der Waals surface area contributed by atoms with Gasteiger partial charge in [0.05, 0.1) is 0 Å². The highest BCUT2D eigenvalue weighted by atomic mass is 19.1. The maximum absolute atomic E-state index is 13.6. The minimum absolute atomic E-state index is 0.241. The molecule has 0 aliphatic carbocycles. The molecule has 0 atom stereocenters. The lowest BCUT2D eigenvalue weighted by Crippen LogP contribution is -2.31. The van der Waals surface area contributed by atoms with Crippen LogP contribution in [0.1, 0.15) is 15.9 Å². The number of hydrogen-bond acceptors (Lipinski definition) is 1. The minimum Gasteiger partial charge on any atom is -0.305 e. The summed E-state index contributed by atoms with van der Waals surface area (Å²) in [6.07, 6.45) is 1.65. The summed E-state index contributed by atoms with van der Waals surface area (Å²) < 4.78 is 13.6. The van der Waals surface area contributed by atoms with Crippen molar-refractivity contribution in [2.24, 2.45) is 0 Å². The first kappa shape index (κ1) is 14.0. The molecule has 1 amide bonds. The zero-order chi connectivity index (χ0) is 14.5. The molecule has 0 aromatic heterocycles. The first-order valence-electron chi connectivity index (χ1n) is 6.37. The predicted octanol–water partition coefficient (Wildman–Crippen LogP) is 3.97. The lowest BCUT2D eigenvalue weighted by molar-refractivity contribution is 0.0989. The highest BCUT2D eigenvalue weighted by molar-refractivity contribution is 6.06. The average Bonchev–Trinajstić information content (AvgIpc) is 2.48. The molecule has 2 nitrogen and oxygen atoms in total. The summed E-state index contributed by atoms with van der Waals surface area (Å²) in [5, 5.41) is 0. The average molecular weight is 269 g/mol. The summed E-state index contributed by atoms with van der Waals surface area (Å²) >= 11 is 0. The topological polar surface area (TPSA) is 20.3 Å². The third kappa shape index (κ3) is 2.94. The van der Waals surface area contributed by atoms with Crippen molar-refractivity contribution >= 4 is 11.6 Å². The van der Waals surface area contributed by atoms with E-state index in [2.05, 4.69) is 6.58 Å². The number of hydrogen-bond donors (Lipinski definition) is 0. The fourth-order valence-electron chi connectivity index (χ4n) is 1.92. The van der Waals surface area contributed by atoms with Gasteiger partial charge in [-0.25, -0.2) is 4.39 Å². The van der Waals surface area contributed by atoms with E-state index in [0.29, 0.717) is 17.7 Å². The molecule has 0 heterocycles. The first-order chi connectivity index (χ1) is 9.63. The van der Waals surface area contributed by atoms with Gasteiger partial charge < -0.3 is 4.90 Å². The van der Waals surface area contributed by atoms with Crippen LogP contribution in [0.3, 0.4) is 0 Å². The van der Waals surface area contributed by atoms with E-state index in [4.69, 9.17) is 0 Å². The number of para-hydroxylation sites is 1. The van der Waals surface area contributed by atoms with Gasteiger partial charge in [-0.2, -0.15) is 0 Å². The standard InChI is InChI=1S/C17H16FNO/c1-3-11-19(15-7-5-4-6-8-15)17(20)14-10-9-13(2)16(18)12-14/h3-10,12H,1,11H2,2H3.